The van der Waals surface area contributed by atoms with Gasteiger partial charge in [0.1, 0.15) is 12.4 Å². The molecule has 0 aromatic heterocycles. The van der Waals surface area contributed by atoms with E-state index in [0.29, 0.717) is 37.7 Å². The summed E-state index contributed by atoms with van der Waals surface area (Å²) in [6.07, 6.45) is 0.816. The third kappa shape index (κ3) is 4.91. The number of rotatable bonds is 8. The Morgan fingerprint density at radius 2 is 1.94 bits per heavy atom. The number of hydrogen-bond donors (Lipinski definition) is 0. The summed E-state index contributed by atoms with van der Waals surface area (Å²) in [4.78, 5) is 11.0. The Morgan fingerprint density at radius 3 is 2.61 bits per heavy atom. The van der Waals surface area contributed by atoms with Gasteiger partial charge in [0, 0.05) is 10.7 Å². The van der Waals surface area contributed by atoms with Crippen LogP contribution in [0.1, 0.15) is 15.9 Å². The first-order valence-electron chi connectivity index (χ1n) is 5.64. The zero-order valence-electron chi connectivity index (χ0n) is 10.6. The van der Waals surface area contributed by atoms with Gasteiger partial charge in [0.05, 0.1) is 25.4 Å². The molecule has 1 rings (SSSR count). The van der Waals surface area contributed by atoms with Crippen LogP contribution in [0.3, 0.4) is 0 Å². The molecule has 0 aliphatic rings. The molecule has 18 heavy (non-hydrogen) atoms. The topological polar surface area (TPSA) is 44.8 Å². The van der Waals surface area contributed by atoms with Gasteiger partial charge in [-0.1, -0.05) is 0 Å². The van der Waals surface area contributed by atoms with Crippen LogP contribution in [0.15, 0.2) is 12.1 Å². The van der Waals surface area contributed by atoms with E-state index >= 15 is 0 Å². The molecule has 0 saturated heterocycles. The second kappa shape index (κ2) is 8.44. The molecule has 0 N–H and O–H groups in total. The van der Waals surface area contributed by atoms with Crippen LogP contribution in [0.5, 0.6) is 5.75 Å². The van der Waals surface area contributed by atoms with Crippen molar-refractivity contribution < 1.29 is 19.0 Å². The van der Waals surface area contributed by atoms with Gasteiger partial charge in [-0.2, -0.15) is 0 Å². The van der Waals surface area contributed by atoms with Gasteiger partial charge in [0.2, 0.25) is 0 Å². The van der Waals surface area contributed by atoms with Gasteiger partial charge in [-0.15, -0.1) is 0 Å². The van der Waals surface area contributed by atoms with Gasteiger partial charge in [0.15, 0.2) is 6.29 Å². The first-order chi connectivity index (χ1) is 8.69. The molecule has 0 radical (unpaired) electrons. The second-order valence-electron chi connectivity index (χ2n) is 3.71. The minimum absolute atomic E-state index is 0.423. The van der Waals surface area contributed by atoms with Crippen LogP contribution in [0, 0.1) is 10.5 Å². The molecule has 0 unspecified atom stereocenters. The highest BCUT2D eigenvalue weighted by atomic mass is 127. The number of carbonyl (C=O) groups is 1. The van der Waals surface area contributed by atoms with Gasteiger partial charge in [-0.05, 0) is 47.2 Å². The van der Waals surface area contributed by atoms with Crippen LogP contribution >= 0.6 is 22.6 Å². The van der Waals surface area contributed by atoms with Gasteiger partial charge >= 0.3 is 0 Å². The lowest BCUT2D eigenvalue weighted by molar-refractivity contribution is 0.0541. The number of aldehydes is 1. The van der Waals surface area contributed by atoms with Crippen molar-refractivity contribution in [2.45, 2.75) is 6.92 Å². The fraction of sp³-hybridized carbons (Fsp3) is 0.462. The molecular formula is C13H17IO4. The lowest BCUT2D eigenvalue weighted by Crippen LogP contribution is -2.11. The summed E-state index contributed by atoms with van der Waals surface area (Å²) in [6.45, 7) is 3.95. The van der Waals surface area contributed by atoms with Crippen molar-refractivity contribution in [3.05, 3.63) is 26.8 Å². The van der Waals surface area contributed by atoms with E-state index in [1.54, 1.807) is 7.11 Å². The average molecular weight is 364 g/mol. The predicted octanol–water partition coefficient (Wildman–Crippen LogP) is 2.45. The third-order valence-corrected chi connectivity index (χ3v) is 2.92. The Labute approximate surface area is 121 Å². The Morgan fingerprint density at radius 1 is 1.22 bits per heavy atom. The van der Waals surface area contributed by atoms with E-state index in [2.05, 4.69) is 22.6 Å². The predicted molar refractivity (Wildman–Crippen MR) is 77.5 cm³/mol. The van der Waals surface area contributed by atoms with Gasteiger partial charge in [0.25, 0.3) is 0 Å². The van der Waals surface area contributed by atoms with E-state index in [0.717, 1.165) is 15.4 Å². The van der Waals surface area contributed by atoms with E-state index in [1.165, 1.54) is 0 Å². The summed E-state index contributed by atoms with van der Waals surface area (Å²) in [6, 6.07) is 3.79. The van der Waals surface area contributed by atoms with Gasteiger partial charge in [-0.3, -0.25) is 4.79 Å². The highest BCUT2D eigenvalue weighted by Gasteiger charge is 2.08. The molecule has 1 aromatic rings. The number of ether oxygens (including phenoxy) is 3. The van der Waals surface area contributed by atoms with Crippen molar-refractivity contribution in [1.82, 2.24) is 0 Å². The van der Waals surface area contributed by atoms with Crippen molar-refractivity contribution in [3.63, 3.8) is 0 Å². The van der Waals surface area contributed by atoms with Crippen molar-refractivity contribution in [2.75, 3.05) is 33.5 Å². The molecule has 5 heteroatoms. The molecule has 0 fully saturated rings. The van der Waals surface area contributed by atoms with Crippen molar-refractivity contribution in [3.8, 4) is 5.75 Å². The molecular weight excluding hydrogens is 347 g/mol. The molecule has 100 valence electrons. The quantitative estimate of drug-likeness (QED) is 0.404. The molecule has 0 atom stereocenters. The van der Waals surface area contributed by atoms with Crippen molar-refractivity contribution in [1.29, 1.82) is 0 Å². The van der Waals surface area contributed by atoms with Crippen molar-refractivity contribution in [2.24, 2.45) is 0 Å². The summed E-state index contributed by atoms with van der Waals surface area (Å²) in [5.41, 5.74) is 1.54. The highest BCUT2D eigenvalue weighted by Crippen LogP contribution is 2.24. The molecule has 0 amide bonds. The average Bonchev–Trinajstić information content (AvgIpc) is 2.35. The fourth-order valence-electron chi connectivity index (χ4n) is 1.49. The number of halogens is 1. The summed E-state index contributed by atoms with van der Waals surface area (Å²) in [5.74, 6) is 0.640. The lowest BCUT2D eigenvalue weighted by atomic mass is 10.1. The smallest absolute Gasteiger partial charge is 0.153 e. The molecule has 4 nitrogen and oxygen atoms in total. The maximum absolute atomic E-state index is 11.0. The van der Waals surface area contributed by atoms with Crippen molar-refractivity contribution >= 4 is 28.9 Å². The Balaban J connectivity index is 2.49. The molecule has 0 saturated carbocycles. The summed E-state index contributed by atoms with van der Waals surface area (Å²) >= 11 is 2.18. The second-order valence-corrected chi connectivity index (χ2v) is 4.96. The number of carbonyl (C=O) groups excluding carboxylic acids is 1. The number of hydrogen-bond acceptors (Lipinski definition) is 4. The molecule has 0 heterocycles. The zero-order chi connectivity index (χ0) is 13.4. The SMILES string of the molecule is COCCOCCOc1c(C)cc(I)cc1C=O. The molecule has 1 aromatic carbocycles. The highest BCUT2D eigenvalue weighted by molar-refractivity contribution is 14.1. The van der Waals surface area contributed by atoms with Crippen LogP contribution in [-0.4, -0.2) is 39.8 Å². The van der Waals surface area contributed by atoms with Gasteiger partial charge in [-0.25, -0.2) is 0 Å². The molecule has 0 bridgehead atoms. The molecule has 0 aliphatic carbocycles. The lowest BCUT2D eigenvalue weighted by Gasteiger charge is -2.12. The van der Waals surface area contributed by atoms with E-state index in [-0.39, 0.29) is 0 Å². The summed E-state index contributed by atoms with van der Waals surface area (Å²) in [5, 5.41) is 0. The first-order valence-corrected chi connectivity index (χ1v) is 6.71. The number of benzene rings is 1. The van der Waals surface area contributed by atoms with Crippen LogP contribution in [0.2, 0.25) is 0 Å². The van der Waals surface area contributed by atoms with E-state index in [4.69, 9.17) is 14.2 Å². The standard InChI is InChI=1S/C13H17IO4/c1-10-7-12(14)8-11(9-15)13(10)18-6-5-17-4-3-16-2/h7-9H,3-6H2,1-2H3. The van der Waals surface area contributed by atoms with Crippen LogP contribution in [0.4, 0.5) is 0 Å². The Bertz CT molecular complexity index is 393. The summed E-state index contributed by atoms with van der Waals surface area (Å²) < 4.78 is 16.8. The van der Waals surface area contributed by atoms with Gasteiger partial charge < -0.3 is 14.2 Å². The number of methoxy groups -OCH3 is 1. The maximum atomic E-state index is 11.0. The largest absolute Gasteiger partial charge is 0.490 e. The monoisotopic (exact) mass is 364 g/mol. The zero-order valence-corrected chi connectivity index (χ0v) is 12.7. The van der Waals surface area contributed by atoms with E-state index in [1.807, 2.05) is 19.1 Å². The summed E-state index contributed by atoms with van der Waals surface area (Å²) in [7, 11) is 1.63. The minimum atomic E-state index is 0.423. The van der Waals surface area contributed by atoms with Crippen LogP contribution in [0.25, 0.3) is 0 Å². The Kier molecular flexibility index (Phi) is 7.22. The maximum Gasteiger partial charge on any atom is 0.153 e. The fourth-order valence-corrected chi connectivity index (χ4v) is 2.29. The third-order valence-electron chi connectivity index (χ3n) is 2.30. The van der Waals surface area contributed by atoms with E-state index in [9.17, 15) is 4.79 Å². The van der Waals surface area contributed by atoms with E-state index < -0.39 is 0 Å². The van der Waals surface area contributed by atoms with Crippen LogP contribution in [-0.2, 0) is 9.47 Å². The number of aryl methyl sites for hydroxylation is 1. The van der Waals surface area contributed by atoms with Crippen LogP contribution < -0.4 is 4.74 Å². The molecule has 0 aliphatic heterocycles. The first kappa shape index (κ1) is 15.4. The minimum Gasteiger partial charge on any atom is -0.490 e. The molecule has 0 spiro atoms. The Hall–Kier alpha value is -0.660. The normalized spacial score (nSPS) is 10.4.